The van der Waals surface area contributed by atoms with E-state index in [0.717, 1.165) is 37.9 Å². The lowest BCUT2D eigenvalue weighted by Gasteiger charge is -2.33. The van der Waals surface area contributed by atoms with Crippen molar-refractivity contribution < 1.29 is 0 Å². The first-order chi connectivity index (χ1) is 11.4. The predicted octanol–water partition coefficient (Wildman–Crippen LogP) is 1.96. The van der Waals surface area contributed by atoms with Crippen molar-refractivity contribution in [3.8, 4) is 0 Å². The molecule has 2 fully saturated rings. The molecular weight excluding hydrogens is 286 g/mol. The topological polar surface area (TPSA) is 47.2 Å². The van der Waals surface area contributed by atoms with Crippen LogP contribution in [0.15, 0.2) is 18.2 Å². The first kappa shape index (κ1) is 15.2. The Labute approximate surface area is 139 Å². The van der Waals surface area contributed by atoms with Gasteiger partial charge in [0, 0.05) is 56.9 Å². The third kappa shape index (κ3) is 3.61. The van der Waals surface area contributed by atoms with Crippen LogP contribution in [0.25, 0.3) is 0 Å². The number of H-pyrrole nitrogens is 1. The molecule has 2 saturated heterocycles. The van der Waals surface area contributed by atoms with Crippen LogP contribution in [0.3, 0.4) is 0 Å². The zero-order valence-electron chi connectivity index (χ0n) is 14.0. The van der Waals surface area contributed by atoms with Crippen LogP contribution < -0.4 is 10.2 Å². The molecule has 4 rings (SSSR count). The molecule has 1 aromatic rings. The number of rotatable bonds is 4. The van der Waals surface area contributed by atoms with Gasteiger partial charge in [0.2, 0.25) is 0 Å². The highest BCUT2D eigenvalue weighted by Crippen LogP contribution is 2.29. The number of piperidine rings is 1. The number of nitrogens with zero attached hydrogens (tertiary/aromatic N) is 3. The zero-order chi connectivity index (χ0) is 15.5. The second-order valence-electron chi connectivity index (χ2n) is 7.33. The smallest absolute Gasteiger partial charge is 0.150 e. The Balaban J connectivity index is 1.36. The summed E-state index contributed by atoms with van der Waals surface area (Å²) in [5.74, 6) is 2.62. The number of aromatic amines is 1. The monoisotopic (exact) mass is 315 g/mol. The first-order valence-corrected chi connectivity index (χ1v) is 9.27. The van der Waals surface area contributed by atoms with E-state index in [-0.39, 0.29) is 0 Å². The van der Waals surface area contributed by atoms with Crippen LogP contribution in [0, 0.1) is 5.92 Å². The maximum Gasteiger partial charge on any atom is 0.150 e. The molecular formula is C18H29N5. The van der Waals surface area contributed by atoms with E-state index in [4.69, 9.17) is 0 Å². The van der Waals surface area contributed by atoms with E-state index >= 15 is 0 Å². The van der Waals surface area contributed by atoms with E-state index in [1.807, 2.05) is 0 Å². The molecule has 1 aliphatic carbocycles. The summed E-state index contributed by atoms with van der Waals surface area (Å²) in [5, 5.41) is 11.3. The van der Waals surface area contributed by atoms with Crippen LogP contribution in [0.5, 0.6) is 0 Å². The molecule has 2 aliphatic heterocycles. The highest BCUT2D eigenvalue weighted by Gasteiger charge is 2.25. The fourth-order valence-electron chi connectivity index (χ4n) is 4.25. The molecule has 5 heteroatoms. The third-order valence-corrected chi connectivity index (χ3v) is 5.59. The van der Waals surface area contributed by atoms with Crippen molar-refractivity contribution >= 4 is 5.82 Å². The van der Waals surface area contributed by atoms with Crippen molar-refractivity contribution in [1.29, 1.82) is 0 Å². The Morgan fingerprint density at radius 3 is 2.78 bits per heavy atom. The number of hydrogen-bond donors (Lipinski definition) is 2. The van der Waals surface area contributed by atoms with Crippen LogP contribution in [0.4, 0.5) is 5.82 Å². The Kier molecular flexibility index (Phi) is 4.67. The highest BCUT2D eigenvalue weighted by atomic mass is 15.3. The van der Waals surface area contributed by atoms with Gasteiger partial charge in [-0.2, -0.15) is 5.10 Å². The van der Waals surface area contributed by atoms with Crippen LogP contribution in [0.2, 0.25) is 0 Å². The number of hydrogen-bond acceptors (Lipinski definition) is 4. The Bertz CT molecular complexity index is 523. The summed E-state index contributed by atoms with van der Waals surface area (Å²) in [6, 6.07) is 2.30. The minimum Gasteiger partial charge on any atom is -0.353 e. The minimum absolute atomic E-state index is 0.627. The van der Waals surface area contributed by atoms with Crippen molar-refractivity contribution in [3.05, 3.63) is 23.9 Å². The predicted molar refractivity (Wildman–Crippen MR) is 93.9 cm³/mol. The molecule has 0 bridgehead atoms. The summed E-state index contributed by atoms with van der Waals surface area (Å²) in [6.45, 7) is 7.99. The highest BCUT2D eigenvalue weighted by molar-refractivity contribution is 5.40. The second-order valence-corrected chi connectivity index (χ2v) is 7.33. The van der Waals surface area contributed by atoms with Gasteiger partial charge in [-0.15, -0.1) is 0 Å². The fourth-order valence-corrected chi connectivity index (χ4v) is 4.25. The molecule has 2 N–H and O–H groups in total. The van der Waals surface area contributed by atoms with Gasteiger partial charge in [0.05, 0.1) is 0 Å². The van der Waals surface area contributed by atoms with E-state index in [1.165, 1.54) is 51.0 Å². The first-order valence-electron chi connectivity index (χ1n) is 9.27. The fraction of sp³-hybridized carbons (Fsp3) is 0.722. The number of likely N-dealkylation sites (tertiary alicyclic amines) is 1. The molecule has 0 amide bonds. The van der Waals surface area contributed by atoms with Gasteiger partial charge in [0.25, 0.3) is 0 Å². The minimum atomic E-state index is 0.627. The average molecular weight is 315 g/mol. The van der Waals surface area contributed by atoms with Gasteiger partial charge in [-0.25, -0.2) is 0 Å². The Morgan fingerprint density at radius 1 is 1.13 bits per heavy atom. The summed E-state index contributed by atoms with van der Waals surface area (Å²) in [7, 11) is 0. The van der Waals surface area contributed by atoms with Crippen LogP contribution >= 0.6 is 0 Å². The summed E-state index contributed by atoms with van der Waals surface area (Å²) < 4.78 is 0. The molecule has 126 valence electrons. The van der Waals surface area contributed by atoms with Crippen molar-refractivity contribution in [2.75, 3.05) is 50.7 Å². The van der Waals surface area contributed by atoms with Crippen LogP contribution in [-0.4, -0.2) is 60.9 Å². The van der Waals surface area contributed by atoms with Crippen molar-refractivity contribution in [3.63, 3.8) is 0 Å². The van der Waals surface area contributed by atoms with Gasteiger partial charge in [-0.05, 0) is 38.1 Å². The Morgan fingerprint density at radius 2 is 1.96 bits per heavy atom. The second kappa shape index (κ2) is 7.05. The quantitative estimate of drug-likeness (QED) is 0.834. The van der Waals surface area contributed by atoms with Crippen molar-refractivity contribution in [2.24, 2.45) is 5.92 Å². The third-order valence-electron chi connectivity index (χ3n) is 5.59. The summed E-state index contributed by atoms with van der Waals surface area (Å²) in [6.07, 6.45) is 9.85. The summed E-state index contributed by atoms with van der Waals surface area (Å²) in [4.78, 5) is 5.07. The Hall–Kier alpha value is -1.33. The summed E-state index contributed by atoms with van der Waals surface area (Å²) >= 11 is 0. The maximum atomic E-state index is 4.59. The molecule has 5 nitrogen and oxygen atoms in total. The molecule has 3 aliphatic rings. The van der Waals surface area contributed by atoms with E-state index in [9.17, 15) is 0 Å². The van der Waals surface area contributed by atoms with Crippen molar-refractivity contribution in [1.82, 2.24) is 20.4 Å². The molecule has 1 unspecified atom stereocenters. The molecule has 0 radical (unpaired) electrons. The van der Waals surface area contributed by atoms with Gasteiger partial charge in [-0.1, -0.05) is 12.2 Å². The summed E-state index contributed by atoms with van der Waals surface area (Å²) in [5.41, 5.74) is 1.34. The van der Waals surface area contributed by atoms with Gasteiger partial charge in [0.15, 0.2) is 5.82 Å². The maximum absolute atomic E-state index is 4.59. The molecule has 0 aromatic carbocycles. The van der Waals surface area contributed by atoms with Crippen LogP contribution in [0.1, 0.15) is 37.3 Å². The van der Waals surface area contributed by atoms with Gasteiger partial charge >= 0.3 is 0 Å². The van der Waals surface area contributed by atoms with E-state index in [2.05, 4.69) is 43.5 Å². The van der Waals surface area contributed by atoms with Crippen LogP contribution in [-0.2, 0) is 0 Å². The lowest BCUT2D eigenvalue weighted by atomic mass is 9.93. The largest absolute Gasteiger partial charge is 0.353 e. The van der Waals surface area contributed by atoms with Gasteiger partial charge in [0.1, 0.15) is 0 Å². The molecule has 0 spiro atoms. The van der Waals surface area contributed by atoms with E-state index < -0.39 is 0 Å². The molecule has 1 aromatic heterocycles. The van der Waals surface area contributed by atoms with Gasteiger partial charge in [-0.3, -0.25) is 5.10 Å². The number of allylic oxidation sites excluding steroid dienone is 2. The number of nitrogens with one attached hydrogen (secondary N) is 2. The molecule has 23 heavy (non-hydrogen) atoms. The van der Waals surface area contributed by atoms with Crippen molar-refractivity contribution in [2.45, 2.75) is 31.6 Å². The molecule has 1 atom stereocenters. The zero-order valence-corrected chi connectivity index (χ0v) is 14.0. The van der Waals surface area contributed by atoms with E-state index in [1.54, 1.807) is 0 Å². The standard InChI is InChI=1S/C18H29N5/c1-2-5-15(4-1)13-22-9-3-6-16(14-22)17-12-18(21-20-17)23-10-7-19-8-11-23/h1-2,12,15-16,19H,3-11,13-14H2,(H,20,21). The average Bonchev–Trinajstić information content (AvgIpc) is 3.28. The number of anilines is 1. The molecule has 3 heterocycles. The van der Waals surface area contributed by atoms with Gasteiger partial charge < -0.3 is 15.1 Å². The number of piperazine rings is 1. The number of aromatic nitrogens is 2. The normalized spacial score (nSPS) is 27.0. The molecule has 0 saturated carbocycles. The lowest BCUT2D eigenvalue weighted by molar-refractivity contribution is 0.180. The SMILES string of the molecule is C1=CCC(CN2CCCC(c3cc(N4CCNCC4)n[nH]3)C2)C1. The lowest BCUT2D eigenvalue weighted by Crippen LogP contribution is -2.43. The van der Waals surface area contributed by atoms with E-state index in [0.29, 0.717) is 5.92 Å².